The third-order valence-corrected chi connectivity index (χ3v) is 7.06. The zero-order valence-corrected chi connectivity index (χ0v) is 19.4. The standard InChI is InChI=1S/C26H31N5O2/c1-17-20-11-12-24(32)30(25(20)29-23(28-17)15-27-2)14-13-19-16-31(22-10-6-5-9-21(19)22)26(33)18-7-3-4-8-18/h5-6,9-10,16,18,27H,3-4,7-8,11-15H2,1-2H3. The van der Waals surface area contributed by atoms with Gasteiger partial charge in [-0.3, -0.25) is 19.1 Å². The molecule has 0 unspecified atom stereocenters. The molecule has 2 aromatic heterocycles. The van der Waals surface area contributed by atoms with Gasteiger partial charge in [-0.05, 0) is 51.3 Å². The summed E-state index contributed by atoms with van der Waals surface area (Å²) in [5.41, 5.74) is 4.07. The fourth-order valence-corrected chi connectivity index (χ4v) is 5.34. The number of carbonyl (C=O) groups is 2. The van der Waals surface area contributed by atoms with Gasteiger partial charge in [0.2, 0.25) is 11.8 Å². The highest BCUT2D eigenvalue weighted by atomic mass is 16.2. The third-order valence-electron chi connectivity index (χ3n) is 7.06. The molecule has 0 atom stereocenters. The van der Waals surface area contributed by atoms with Crippen LogP contribution in [0.1, 0.15) is 59.5 Å². The van der Waals surface area contributed by atoms with Gasteiger partial charge in [-0.2, -0.15) is 0 Å². The average Bonchev–Trinajstić information content (AvgIpc) is 3.47. The van der Waals surface area contributed by atoms with Crippen molar-refractivity contribution in [1.82, 2.24) is 19.9 Å². The van der Waals surface area contributed by atoms with Gasteiger partial charge in [0.15, 0.2) is 0 Å². The van der Waals surface area contributed by atoms with Gasteiger partial charge in [0.1, 0.15) is 11.6 Å². The number of aryl methyl sites for hydroxylation is 1. The van der Waals surface area contributed by atoms with Crippen molar-refractivity contribution in [3.8, 4) is 0 Å². The molecule has 7 heteroatoms. The Kier molecular flexibility index (Phi) is 5.98. The minimum atomic E-state index is 0.0989. The Hall–Kier alpha value is -3.06. The minimum Gasteiger partial charge on any atom is -0.313 e. The first-order valence-corrected chi connectivity index (χ1v) is 12.0. The van der Waals surface area contributed by atoms with Crippen LogP contribution < -0.4 is 10.2 Å². The Morgan fingerprint density at radius 3 is 2.73 bits per heavy atom. The van der Waals surface area contributed by atoms with Crippen LogP contribution in [-0.4, -0.2) is 39.9 Å². The van der Waals surface area contributed by atoms with Gasteiger partial charge in [0.25, 0.3) is 0 Å². The number of hydrogen-bond donors (Lipinski definition) is 1. The van der Waals surface area contributed by atoms with E-state index >= 15 is 0 Å². The number of carbonyl (C=O) groups excluding carboxylic acids is 2. The number of nitrogens with zero attached hydrogens (tertiary/aromatic N) is 4. The second-order valence-corrected chi connectivity index (χ2v) is 9.21. The van der Waals surface area contributed by atoms with Crippen LogP contribution in [0.15, 0.2) is 30.5 Å². The van der Waals surface area contributed by atoms with E-state index in [0.29, 0.717) is 38.2 Å². The van der Waals surface area contributed by atoms with E-state index in [1.54, 1.807) is 0 Å². The zero-order valence-electron chi connectivity index (χ0n) is 19.4. The third kappa shape index (κ3) is 4.06. The molecule has 1 aromatic carbocycles. The summed E-state index contributed by atoms with van der Waals surface area (Å²) in [4.78, 5) is 37.3. The average molecular weight is 446 g/mol. The van der Waals surface area contributed by atoms with Gasteiger partial charge in [-0.1, -0.05) is 31.0 Å². The first kappa shape index (κ1) is 21.8. The van der Waals surface area contributed by atoms with Crippen LogP contribution in [0, 0.1) is 12.8 Å². The van der Waals surface area contributed by atoms with Gasteiger partial charge < -0.3 is 5.32 Å². The van der Waals surface area contributed by atoms with E-state index in [1.165, 1.54) is 0 Å². The highest BCUT2D eigenvalue weighted by Gasteiger charge is 2.29. The maximum atomic E-state index is 13.2. The fourth-order valence-electron chi connectivity index (χ4n) is 5.34. The SMILES string of the molecule is CNCc1nc(C)c2c(n1)N(CCc1cn(C(=O)C3CCCC3)c3ccccc13)C(=O)CC2. The molecule has 1 fully saturated rings. The topological polar surface area (TPSA) is 80.1 Å². The monoisotopic (exact) mass is 445 g/mol. The van der Waals surface area contributed by atoms with Crippen molar-refractivity contribution < 1.29 is 9.59 Å². The number of aromatic nitrogens is 3. The molecular weight excluding hydrogens is 414 g/mol. The second kappa shape index (κ2) is 9.06. The number of nitrogens with one attached hydrogen (secondary N) is 1. The summed E-state index contributed by atoms with van der Waals surface area (Å²) in [7, 11) is 1.86. The lowest BCUT2D eigenvalue weighted by Gasteiger charge is -2.29. The van der Waals surface area contributed by atoms with Gasteiger partial charge in [0, 0.05) is 41.7 Å². The Balaban J connectivity index is 1.45. The normalized spacial score (nSPS) is 16.5. The predicted molar refractivity (Wildman–Crippen MR) is 128 cm³/mol. The molecule has 172 valence electrons. The molecule has 7 nitrogen and oxygen atoms in total. The maximum Gasteiger partial charge on any atom is 0.234 e. The van der Waals surface area contributed by atoms with Crippen LogP contribution >= 0.6 is 0 Å². The number of hydrogen-bond acceptors (Lipinski definition) is 5. The van der Waals surface area contributed by atoms with Crippen LogP contribution in [0.4, 0.5) is 5.82 Å². The summed E-state index contributed by atoms with van der Waals surface area (Å²) in [5.74, 6) is 1.87. The molecule has 0 radical (unpaired) electrons. The molecule has 0 bridgehead atoms. The van der Waals surface area contributed by atoms with Crippen molar-refractivity contribution in [2.75, 3.05) is 18.5 Å². The summed E-state index contributed by atoms with van der Waals surface area (Å²) in [5, 5.41) is 4.18. The van der Waals surface area contributed by atoms with Crippen molar-refractivity contribution in [2.24, 2.45) is 5.92 Å². The quantitative estimate of drug-likeness (QED) is 0.624. The van der Waals surface area contributed by atoms with Gasteiger partial charge in [-0.15, -0.1) is 0 Å². The molecule has 1 N–H and O–H groups in total. The van der Waals surface area contributed by atoms with Crippen LogP contribution in [0.3, 0.4) is 0 Å². The summed E-state index contributed by atoms with van der Waals surface area (Å²) >= 11 is 0. The van der Waals surface area contributed by atoms with E-state index in [4.69, 9.17) is 4.98 Å². The predicted octanol–water partition coefficient (Wildman–Crippen LogP) is 3.81. The lowest BCUT2D eigenvalue weighted by atomic mass is 10.0. The molecule has 5 rings (SSSR count). The van der Waals surface area contributed by atoms with Crippen molar-refractivity contribution in [2.45, 2.75) is 58.4 Å². The highest BCUT2D eigenvalue weighted by Crippen LogP contribution is 2.31. The minimum absolute atomic E-state index is 0.0989. The summed E-state index contributed by atoms with van der Waals surface area (Å²) in [6.45, 7) is 3.09. The molecule has 0 saturated heterocycles. The van der Waals surface area contributed by atoms with Crippen molar-refractivity contribution in [3.63, 3.8) is 0 Å². The first-order chi connectivity index (χ1) is 16.1. The van der Waals surface area contributed by atoms with Gasteiger partial charge in [-0.25, -0.2) is 9.97 Å². The number of rotatable bonds is 6. The van der Waals surface area contributed by atoms with E-state index in [-0.39, 0.29) is 17.7 Å². The number of anilines is 1. The fraction of sp³-hybridized carbons (Fsp3) is 0.462. The molecule has 33 heavy (non-hydrogen) atoms. The van der Waals surface area contributed by atoms with Crippen LogP contribution in [0.2, 0.25) is 0 Å². The molecule has 1 aliphatic carbocycles. The number of amides is 1. The van der Waals surface area contributed by atoms with Crippen molar-refractivity contribution >= 4 is 28.5 Å². The molecule has 0 spiro atoms. The second-order valence-electron chi connectivity index (χ2n) is 9.21. The molecule has 1 aliphatic heterocycles. The maximum absolute atomic E-state index is 13.2. The smallest absolute Gasteiger partial charge is 0.234 e. The molecule has 1 saturated carbocycles. The summed E-state index contributed by atoms with van der Waals surface area (Å²) in [6, 6.07) is 8.09. The molecule has 3 aromatic rings. The van der Waals surface area contributed by atoms with Crippen molar-refractivity contribution in [1.29, 1.82) is 0 Å². The Morgan fingerprint density at radius 2 is 1.94 bits per heavy atom. The van der Waals surface area contributed by atoms with Crippen LogP contribution in [0.5, 0.6) is 0 Å². The number of benzene rings is 1. The Morgan fingerprint density at radius 1 is 1.15 bits per heavy atom. The number of fused-ring (bicyclic) bond motifs is 2. The van der Waals surface area contributed by atoms with E-state index in [1.807, 2.05) is 47.8 Å². The van der Waals surface area contributed by atoms with Gasteiger partial charge in [0.05, 0.1) is 12.1 Å². The van der Waals surface area contributed by atoms with Crippen LogP contribution in [0.25, 0.3) is 10.9 Å². The molecular formula is C26H31N5O2. The molecule has 3 heterocycles. The lowest BCUT2D eigenvalue weighted by molar-refractivity contribution is -0.118. The lowest BCUT2D eigenvalue weighted by Crippen LogP contribution is -2.38. The zero-order chi connectivity index (χ0) is 22.9. The summed E-state index contributed by atoms with van der Waals surface area (Å²) < 4.78 is 1.85. The van der Waals surface area contributed by atoms with E-state index in [2.05, 4.69) is 16.4 Å². The first-order valence-electron chi connectivity index (χ1n) is 12.0. The van der Waals surface area contributed by atoms with E-state index < -0.39 is 0 Å². The molecule has 2 aliphatic rings. The van der Waals surface area contributed by atoms with Crippen molar-refractivity contribution in [3.05, 3.63) is 53.1 Å². The summed E-state index contributed by atoms with van der Waals surface area (Å²) in [6.07, 6.45) is 8.06. The largest absolute Gasteiger partial charge is 0.313 e. The van der Waals surface area contributed by atoms with Crippen LogP contribution in [-0.2, 0) is 24.2 Å². The van der Waals surface area contributed by atoms with E-state index in [9.17, 15) is 9.59 Å². The Bertz CT molecular complexity index is 1210. The number of para-hydroxylation sites is 1. The highest BCUT2D eigenvalue weighted by molar-refractivity contribution is 5.97. The van der Waals surface area contributed by atoms with Gasteiger partial charge >= 0.3 is 0 Å². The Labute approximate surface area is 194 Å². The van der Waals surface area contributed by atoms with E-state index in [0.717, 1.165) is 59.2 Å². The molecule has 1 amide bonds.